The Morgan fingerprint density at radius 2 is 1.74 bits per heavy atom. The standard InChI is InChI=1S/C22H31N/c1-17-15-21-11-10-20(19(3)22(21)16-18(17)2)9-5-8-14-23-12-6-4-7-13-23/h10,15-16H,3-9,11-14H2,1-2H3. The predicted molar refractivity (Wildman–Crippen MR) is 101 cm³/mol. The summed E-state index contributed by atoms with van der Waals surface area (Å²) in [5.74, 6) is 0. The van der Waals surface area contributed by atoms with Gasteiger partial charge in [0, 0.05) is 0 Å². The van der Waals surface area contributed by atoms with Gasteiger partial charge in [-0.1, -0.05) is 31.2 Å². The van der Waals surface area contributed by atoms with E-state index in [1.165, 1.54) is 91.6 Å². The van der Waals surface area contributed by atoms with Crippen LogP contribution in [-0.2, 0) is 6.42 Å². The summed E-state index contributed by atoms with van der Waals surface area (Å²) in [6, 6.07) is 4.69. The summed E-state index contributed by atoms with van der Waals surface area (Å²) < 4.78 is 0. The molecule has 0 bridgehead atoms. The van der Waals surface area contributed by atoms with Crippen molar-refractivity contribution in [3.05, 3.63) is 52.6 Å². The SMILES string of the molecule is C=C1C(CCCCN2CCCCC2)=CCc2cc(C)c(C)cc21. The summed E-state index contributed by atoms with van der Waals surface area (Å²) in [7, 11) is 0. The Morgan fingerprint density at radius 1 is 1.00 bits per heavy atom. The average molecular weight is 309 g/mol. The van der Waals surface area contributed by atoms with Crippen molar-refractivity contribution in [2.24, 2.45) is 0 Å². The van der Waals surface area contributed by atoms with Gasteiger partial charge in [0.05, 0.1) is 0 Å². The summed E-state index contributed by atoms with van der Waals surface area (Å²) in [4.78, 5) is 2.65. The number of hydrogen-bond acceptors (Lipinski definition) is 1. The molecule has 1 aromatic carbocycles. The minimum atomic E-state index is 1.08. The zero-order chi connectivity index (χ0) is 16.2. The predicted octanol–water partition coefficient (Wildman–Crippen LogP) is 5.46. The molecule has 1 heterocycles. The molecule has 1 aromatic rings. The van der Waals surface area contributed by atoms with E-state index in [1.54, 1.807) is 0 Å². The van der Waals surface area contributed by atoms with Crippen molar-refractivity contribution in [1.29, 1.82) is 0 Å². The Bertz CT molecular complexity index is 603. The Morgan fingerprint density at radius 3 is 2.52 bits per heavy atom. The van der Waals surface area contributed by atoms with Gasteiger partial charge in [-0.2, -0.15) is 0 Å². The molecule has 0 spiro atoms. The summed E-state index contributed by atoms with van der Waals surface area (Å²) in [6.07, 6.45) is 11.5. The number of hydrogen-bond donors (Lipinski definition) is 0. The second-order valence-corrected chi connectivity index (χ2v) is 7.37. The topological polar surface area (TPSA) is 3.24 Å². The van der Waals surface area contributed by atoms with E-state index in [1.807, 2.05) is 0 Å². The lowest BCUT2D eigenvalue weighted by Crippen LogP contribution is -2.30. The van der Waals surface area contributed by atoms with Crippen molar-refractivity contribution in [3.63, 3.8) is 0 Å². The van der Waals surface area contributed by atoms with Crippen LogP contribution < -0.4 is 0 Å². The highest BCUT2D eigenvalue weighted by molar-refractivity contribution is 5.81. The van der Waals surface area contributed by atoms with E-state index in [2.05, 4.69) is 43.5 Å². The van der Waals surface area contributed by atoms with Gasteiger partial charge >= 0.3 is 0 Å². The Balaban J connectivity index is 1.52. The highest BCUT2D eigenvalue weighted by atomic mass is 15.1. The van der Waals surface area contributed by atoms with Crippen molar-refractivity contribution >= 4 is 5.57 Å². The van der Waals surface area contributed by atoms with Crippen LogP contribution in [0.5, 0.6) is 0 Å². The van der Waals surface area contributed by atoms with Gasteiger partial charge in [0.1, 0.15) is 0 Å². The first-order valence-corrected chi connectivity index (χ1v) is 9.36. The number of unbranched alkanes of at least 4 members (excludes halogenated alkanes) is 1. The fraction of sp³-hybridized carbons (Fsp3) is 0.545. The first kappa shape index (κ1) is 16.5. The molecule has 2 aliphatic rings. The van der Waals surface area contributed by atoms with Gasteiger partial charge in [0.15, 0.2) is 0 Å². The van der Waals surface area contributed by atoms with E-state index in [0.29, 0.717) is 0 Å². The second kappa shape index (κ2) is 7.49. The van der Waals surface area contributed by atoms with E-state index in [4.69, 9.17) is 0 Å². The second-order valence-electron chi connectivity index (χ2n) is 7.37. The molecule has 1 saturated heterocycles. The van der Waals surface area contributed by atoms with Crippen molar-refractivity contribution in [2.45, 2.75) is 58.8 Å². The third kappa shape index (κ3) is 3.95. The van der Waals surface area contributed by atoms with Crippen LogP contribution in [0.3, 0.4) is 0 Å². The van der Waals surface area contributed by atoms with Crippen LogP contribution in [0.15, 0.2) is 30.4 Å². The molecule has 0 atom stereocenters. The van der Waals surface area contributed by atoms with Gasteiger partial charge in [-0.25, -0.2) is 0 Å². The van der Waals surface area contributed by atoms with E-state index in [0.717, 1.165) is 6.42 Å². The van der Waals surface area contributed by atoms with Gasteiger partial charge in [-0.05, 0) is 105 Å². The summed E-state index contributed by atoms with van der Waals surface area (Å²) in [5, 5.41) is 0. The maximum atomic E-state index is 4.40. The molecular formula is C22H31N. The molecule has 124 valence electrons. The Hall–Kier alpha value is -1.34. The highest BCUT2D eigenvalue weighted by Gasteiger charge is 2.16. The van der Waals surface area contributed by atoms with E-state index in [9.17, 15) is 0 Å². The molecule has 0 radical (unpaired) electrons. The van der Waals surface area contributed by atoms with Crippen LogP contribution in [0.4, 0.5) is 0 Å². The quantitative estimate of drug-likeness (QED) is 0.653. The minimum absolute atomic E-state index is 1.08. The molecule has 1 heteroatoms. The molecule has 0 aromatic heterocycles. The molecule has 23 heavy (non-hydrogen) atoms. The van der Waals surface area contributed by atoms with Gasteiger partial charge in [0.2, 0.25) is 0 Å². The van der Waals surface area contributed by atoms with Crippen LogP contribution in [-0.4, -0.2) is 24.5 Å². The normalized spacial score (nSPS) is 18.7. The maximum Gasteiger partial charge on any atom is -0.00186 e. The number of likely N-dealkylation sites (tertiary alicyclic amines) is 1. The van der Waals surface area contributed by atoms with Crippen LogP contribution in [0.1, 0.15) is 60.8 Å². The maximum absolute atomic E-state index is 4.40. The van der Waals surface area contributed by atoms with Crippen molar-refractivity contribution in [3.8, 4) is 0 Å². The molecule has 1 aliphatic carbocycles. The minimum Gasteiger partial charge on any atom is -0.303 e. The zero-order valence-corrected chi connectivity index (χ0v) is 15.0. The number of rotatable bonds is 5. The fourth-order valence-corrected chi connectivity index (χ4v) is 3.94. The summed E-state index contributed by atoms with van der Waals surface area (Å²) in [5.41, 5.74) is 8.38. The summed E-state index contributed by atoms with van der Waals surface area (Å²) >= 11 is 0. The lowest BCUT2D eigenvalue weighted by molar-refractivity contribution is 0.225. The smallest absolute Gasteiger partial charge is 0.00186 e. The molecule has 1 nitrogen and oxygen atoms in total. The van der Waals surface area contributed by atoms with Gasteiger partial charge in [-0.15, -0.1) is 0 Å². The van der Waals surface area contributed by atoms with Crippen molar-refractivity contribution < 1.29 is 0 Å². The first-order valence-electron chi connectivity index (χ1n) is 9.36. The molecule has 0 unspecified atom stereocenters. The van der Waals surface area contributed by atoms with Crippen LogP contribution >= 0.6 is 0 Å². The van der Waals surface area contributed by atoms with Gasteiger partial charge in [0.25, 0.3) is 0 Å². The molecule has 1 aliphatic heterocycles. The van der Waals surface area contributed by atoms with Crippen LogP contribution in [0.25, 0.3) is 5.57 Å². The number of piperidine rings is 1. The number of aryl methyl sites for hydroxylation is 2. The van der Waals surface area contributed by atoms with Crippen LogP contribution in [0, 0.1) is 13.8 Å². The Labute approximate surface area is 142 Å². The van der Waals surface area contributed by atoms with E-state index >= 15 is 0 Å². The van der Waals surface area contributed by atoms with Gasteiger partial charge < -0.3 is 4.90 Å². The molecule has 0 amide bonds. The largest absolute Gasteiger partial charge is 0.303 e. The molecule has 0 saturated carbocycles. The highest BCUT2D eigenvalue weighted by Crippen LogP contribution is 2.34. The molecular weight excluding hydrogens is 278 g/mol. The van der Waals surface area contributed by atoms with Crippen molar-refractivity contribution in [1.82, 2.24) is 4.90 Å². The third-order valence-electron chi connectivity index (χ3n) is 5.62. The molecule has 3 rings (SSSR count). The van der Waals surface area contributed by atoms with Gasteiger partial charge in [-0.3, -0.25) is 0 Å². The number of benzene rings is 1. The summed E-state index contributed by atoms with van der Waals surface area (Å²) in [6.45, 7) is 12.7. The fourth-order valence-electron chi connectivity index (χ4n) is 3.94. The first-order chi connectivity index (χ1) is 11.1. The molecule has 0 N–H and O–H groups in total. The van der Waals surface area contributed by atoms with Crippen molar-refractivity contribution in [2.75, 3.05) is 19.6 Å². The third-order valence-corrected chi connectivity index (χ3v) is 5.62. The van der Waals surface area contributed by atoms with Crippen LogP contribution in [0.2, 0.25) is 0 Å². The zero-order valence-electron chi connectivity index (χ0n) is 15.0. The Kier molecular flexibility index (Phi) is 5.38. The monoisotopic (exact) mass is 309 g/mol. The lowest BCUT2D eigenvalue weighted by atomic mass is 9.84. The average Bonchev–Trinajstić information content (AvgIpc) is 2.56. The number of nitrogens with zero attached hydrogens (tertiary/aromatic N) is 1. The number of fused-ring (bicyclic) bond motifs is 1. The lowest BCUT2D eigenvalue weighted by Gasteiger charge is -2.26. The molecule has 1 fully saturated rings. The van der Waals surface area contributed by atoms with E-state index < -0.39 is 0 Å². The number of allylic oxidation sites excluding steroid dienone is 3. The van der Waals surface area contributed by atoms with E-state index in [-0.39, 0.29) is 0 Å².